The molecule has 0 radical (unpaired) electrons. The quantitative estimate of drug-likeness (QED) is 0.823. The SMILES string of the molecule is CCN(CC)Cc1c(Br)c(C)nn1CC. The molecule has 0 spiro atoms. The Labute approximate surface area is 101 Å². The Bertz CT molecular complexity index is 316. The third-order valence-corrected chi connectivity index (χ3v) is 3.75. The number of rotatable bonds is 5. The molecular formula is C11H20BrN3. The van der Waals surface area contributed by atoms with E-state index in [-0.39, 0.29) is 0 Å². The van der Waals surface area contributed by atoms with Gasteiger partial charge in [-0.15, -0.1) is 0 Å². The molecule has 86 valence electrons. The van der Waals surface area contributed by atoms with Crippen molar-refractivity contribution in [1.29, 1.82) is 0 Å². The number of hydrogen-bond donors (Lipinski definition) is 0. The summed E-state index contributed by atoms with van der Waals surface area (Å²) in [5, 5.41) is 4.49. The number of aromatic nitrogens is 2. The number of halogens is 1. The zero-order valence-electron chi connectivity index (χ0n) is 10.0. The Hall–Kier alpha value is -0.350. The van der Waals surface area contributed by atoms with Gasteiger partial charge in [0.05, 0.1) is 15.9 Å². The molecule has 3 nitrogen and oxygen atoms in total. The Morgan fingerprint density at radius 3 is 2.33 bits per heavy atom. The van der Waals surface area contributed by atoms with E-state index in [4.69, 9.17) is 0 Å². The van der Waals surface area contributed by atoms with Crippen molar-refractivity contribution in [2.45, 2.75) is 40.8 Å². The van der Waals surface area contributed by atoms with Crippen LogP contribution in [0.2, 0.25) is 0 Å². The van der Waals surface area contributed by atoms with Gasteiger partial charge in [-0.3, -0.25) is 9.58 Å². The predicted molar refractivity (Wildman–Crippen MR) is 67.0 cm³/mol. The third-order valence-electron chi connectivity index (χ3n) is 2.72. The minimum Gasteiger partial charge on any atom is -0.298 e. The van der Waals surface area contributed by atoms with Crippen LogP contribution in [0.1, 0.15) is 32.2 Å². The van der Waals surface area contributed by atoms with Crippen molar-refractivity contribution >= 4 is 15.9 Å². The number of nitrogens with zero attached hydrogens (tertiary/aromatic N) is 3. The topological polar surface area (TPSA) is 21.1 Å². The van der Waals surface area contributed by atoms with Crippen LogP contribution < -0.4 is 0 Å². The average Bonchev–Trinajstić information content (AvgIpc) is 2.52. The summed E-state index contributed by atoms with van der Waals surface area (Å²) in [6, 6.07) is 0. The largest absolute Gasteiger partial charge is 0.298 e. The molecule has 0 unspecified atom stereocenters. The lowest BCUT2D eigenvalue weighted by molar-refractivity contribution is 0.285. The normalized spacial score (nSPS) is 11.3. The van der Waals surface area contributed by atoms with Crippen LogP contribution in [-0.2, 0) is 13.1 Å². The van der Waals surface area contributed by atoms with Crippen molar-refractivity contribution in [2.24, 2.45) is 0 Å². The molecule has 0 aliphatic rings. The highest BCUT2D eigenvalue weighted by molar-refractivity contribution is 9.10. The van der Waals surface area contributed by atoms with Crippen LogP contribution in [0.5, 0.6) is 0 Å². The highest BCUT2D eigenvalue weighted by atomic mass is 79.9. The van der Waals surface area contributed by atoms with Crippen LogP contribution in [0.25, 0.3) is 0 Å². The first kappa shape index (κ1) is 12.7. The van der Waals surface area contributed by atoms with E-state index in [1.807, 2.05) is 6.92 Å². The second kappa shape index (κ2) is 5.66. The van der Waals surface area contributed by atoms with Crippen LogP contribution >= 0.6 is 15.9 Å². The van der Waals surface area contributed by atoms with Gasteiger partial charge in [0.25, 0.3) is 0 Å². The molecule has 4 heteroatoms. The molecule has 0 aliphatic heterocycles. The van der Waals surface area contributed by atoms with E-state index in [0.717, 1.165) is 36.3 Å². The lowest BCUT2D eigenvalue weighted by Gasteiger charge is -2.18. The van der Waals surface area contributed by atoms with Crippen LogP contribution in [0.15, 0.2) is 4.47 Å². The molecule has 1 heterocycles. The first-order chi connectivity index (χ1) is 7.13. The predicted octanol–water partition coefficient (Wildman–Crippen LogP) is 2.82. The van der Waals surface area contributed by atoms with Gasteiger partial charge in [0.1, 0.15) is 0 Å². The summed E-state index contributed by atoms with van der Waals surface area (Å²) >= 11 is 3.62. The first-order valence-electron chi connectivity index (χ1n) is 5.58. The van der Waals surface area contributed by atoms with E-state index >= 15 is 0 Å². The summed E-state index contributed by atoms with van der Waals surface area (Å²) in [5.41, 5.74) is 2.37. The lowest BCUT2D eigenvalue weighted by atomic mass is 10.3. The minimum absolute atomic E-state index is 0.934. The molecule has 0 amide bonds. The maximum atomic E-state index is 4.49. The van der Waals surface area contributed by atoms with Gasteiger partial charge in [-0.2, -0.15) is 5.10 Å². The summed E-state index contributed by atoms with van der Waals surface area (Å²) in [6.07, 6.45) is 0. The molecular weight excluding hydrogens is 254 g/mol. The Morgan fingerprint density at radius 2 is 1.87 bits per heavy atom. The number of aryl methyl sites for hydroxylation is 2. The van der Waals surface area contributed by atoms with Gasteiger partial charge < -0.3 is 0 Å². The van der Waals surface area contributed by atoms with Gasteiger partial charge in [-0.05, 0) is 42.9 Å². The van der Waals surface area contributed by atoms with Gasteiger partial charge in [0.15, 0.2) is 0 Å². The molecule has 1 rings (SSSR count). The van der Waals surface area contributed by atoms with E-state index in [2.05, 4.69) is 51.4 Å². The number of hydrogen-bond acceptors (Lipinski definition) is 2. The molecule has 0 fully saturated rings. The smallest absolute Gasteiger partial charge is 0.0739 e. The summed E-state index contributed by atoms with van der Waals surface area (Å²) in [7, 11) is 0. The van der Waals surface area contributed by atoms with Crippen molar-refractivity contribution in [3.63, 3.8) is 0 Å². The van der Waals surface area contributed by atoms with Gasteiger partial charge >= 0.3 is 0 Å². The van der Waals surface area contributed by atoms with Crippen LogP contribution in [0.4, 0.5) is 0 Å². The van der Waals surface area contributed by atoms with Crippen LogP contribution in [0.3, 0.4) is 0 Å². The maximum Gasteiger partial charge on any atom is 0.0739 e. The summed E-state index contributed by atoms with van der Waals surface area (Å²) in [4.78, 5) is 2.40. The summed E-state index contributed by atoms with van der Waals surface area (Å²) in [6.45, 7) is 12.6. The Kier molecular flexibility index (Phi) is 4.80. The molecule has 0 atom stereocenters. The highest BCUT2D eigenvalue weighted by Gasteiger charge is 2.13. The van der Waals surface area contributed by atoms with Gasteiger partial charge in [0, 0.05) is 13.1 Å². The van der Waals surface area contributed by atoms with Gasteiger partial charge in [-0.1, -0.05) is 13.8 Å². The van der Waals surface area contributed by atoms with Crippen molar-refractivity contribution in [3.8, 4) is 0 Å². The fraction of sp³-hybridized carbons (Fsp3) is 0.727. The van der Waals surface area contributed by atoms with E-state index in [9.17, 15) is 0 Å². The molecule has 0 saturated heterocycles. The molecule has 0 aliphatic carbocycles. The fourth-order valence-electron chi connectivity index (χ4n) is 1.68. The molecule has 15 heavy (non-hydrogen) atoms. The lowest BCUT2D eigenvalue weighted by Crippen LogP contribution is -2.24. The maximum absolute atomic E-state index is 4.49. The standard InChI is InChI=1S/C11H20BrN3/c1-5-14(6-2)8-10-11(12)9(4)13-15(10)7-3/h5-8H2,1-4H3. The fourth-order valence-corrected chi connectivity index (χ4v) is 2.09. The minimum atomic E-state index is 0.934. The van der Waals surface area contributed by atoms with E-state index in [1.165, 1.54) is 5.69 Å². The molecule has 0 aromatic carbocycles. The molecule has 1 aromatic rings. The molecule has 0 bridgehead atoms. The monoisotopic (exact) mass is 273 g/mol. The van der Waals surface area contributed by atoms with Crippen molar-refractivity contribution in [1.82, 2.24) is 14.7 Å². The Balaban J connectivity index is 2.91. The molecule has 0 N–H and O–H groups in total. The summed E-state index contributed by atoms with van der Waals surface area (Å²) in [5.74, 6) is 0. The van der Waals surface area contributed by atoms with Crippen LogP contribution in [-0.4, -0.2) is 27.8 Å². The van der Waals surface area contributed by atoms with Crippen molar-refractivity contribution in [3.05, 3.63) is 15.9 Å². The second-order valence-corrected chi connectivity index (χ2v) is 4.42. The first-order valence-corrected chi connectivity index (χ1v) is 6.37. The average molecular weight is 274 g/mol. The van der Waals surface area contributed by atoms with Gasteiger partial charge in [-0.25, -0.2) is 0 Å². The van der Waals surface area contributed by atoms with Crippen LogP contribution in [0, 0.1) is 6.92 Å². The van der Waals surface area contributed by atoms with E-state index in [0.29, 0.717) is 0 Å². The zero-order valence-corrected chi connectivity index (χ0v) is 11.6. The summed E-state index contributed by atoms with van der Waals surface area (Å²) < 4.78 is 3.24. The van der Waals surface area contributed by atoms with Crippen molar-refractivity contribution in [2.75, 3.05) is 13.1 Å². The van der Waals surface area contributed by atoms with E-state index < -0.39 is 0 Å². The third kappa shape index (κ3) is 2.82. The van der Waals surface area contributed by atoms with Gasteiger partial charge in [0.2, 0.25) is 0 Å². The zero-order chi connectivity index (χ0) is 11.4. The van der Waals surface area contributed by atoms with E-state index in [1.54, 1.807) is 0 Å². The Morgan fingerprint density at radius 1 is 1.27 bits per heavy atom. The molecule has 0 saturated carbocycles. The van der Waals surface area contributed by atoms with Crippen molar-refractivity contribution < 1.29 is 0 Å². The molecule has 1 aromatic heterocycles. The highest BCUT2D eigenvalue weighted by Crippen LogP contribution is 2.22. The second-order valence-electron chi connectivity index (χ2n) is 3.62.